The molecule has 1 aromatic rings. The zero-order chi connectivity index (χ0) is 15.3. The summed E-state index contributed by atoms with van der Waals surface area (Å²) in [5, 5.41) is 3.22. The van der Waals surface area contributed by atoms with Crippen LogP contribution >= 0.6 is 0 Å². The molecule has 1 saturated heterocycles. The third kappa shape index (κ3) is 4.41. The van der Waals surface area contributed by atoms with Gasteiger partial charge in [0, 0.05) is 30.9 Å². The predicted molar refractivity (Wildman–Crippen MR) is 83.9 cm³/mol. The number of nitrogens with one attached hydrogen (secondary N) is 1. The molecule has 21 heavy (non-hydrogen) atoms. The molecule has 0 spiro atoms. The minimum absolute atomic E-state index is 0.144. The van der Waals surface area contributed by atoms with Gasteiger partial charge in [-0.05, 0) is 31.5 Å². The van der Waals surface area contributed by atoms with E-state index in [9.17, 15) is 12.8 Å². The second-order valence-corrected chi connectivity index (χ2v) is 7.71. The molecule has 0 amide bonds. The molecule has 0 saturated carbocycles. The fourth-order valence-corrected chi connectivity index (χ4v) is 3.86. The molecule has 118 valence electrons. The molecule has 6 heteroatoms. The Morgan fingerprint density at radius 1 is 1.29 bits per heavy atom. The Balaban J connectivity index is 2.20. The van der Waals surface area contributed by atoms with E-state index >= 15 is 0 Å². The van der Waals surface area contributed by atoms with Crippen molar-refractivity contribution in [3.05, 3.63) is 29.6 Å². The van der Waals surface area contributed by atoms with Gasteiger partial charge in [0.2, 0.25) is 0 Å². The van der Waals surface area contributed by atoms with Gasteiger partial charge in [0.1, 0.15) is 5.82 Å². The van der Waals surface area contributed by atoms with Crippen molar-refractivity contribution in [1.82, 2.24) is 5.32 Å². The molecular weight excluding hydrogens is 291 g/mol. The van der Waals surface area contributed by atoms with E-state index in [0.29, 0.717) is 31.6 Å². The molecule has 1 aromatic carbocycles. The molecule has 0 aromatic heterocycles. The van der Waals surface area contributed by atoms with E-state index in [2.05, 4.69) is 12.2 Å². The standard InChI is InChI=1S/C15H23FN2O2S/c1-2-7-17-12-13-14(16)5-3-6-15(13)18-8-4-10-21(19,20)11-9-18/h3,5-6,17H,2,4,7-12H2,1H3. The zero-order valence-electron chi connectivity index (χ0n) is 12.4. The van der Waals surface area contributed by atoms with Crippen molar-refractivity contribution >= 4 is 15.5 Å². The Morgan fingerprint density at radius 2 is 2.10 bits per heavy atom. The van der Waals surface area contributed by atoms with Crippen molar-refractivity contribution < 1.29 is 12.8 Å². The molecule has 1 aliphatic heterocycles. The number of hydrogen-bond donors (Lipinski definition) is 1. The predicted octanol–water partition coefficient (Wildman–Crippen LogP) is 1.95. The summed E-state index contributed by atoms with van der Waals surface area (Å²) in [6, 6.07) is 5.03. The van der Waals surface area contributed by atoms with Crippen molar-refractivity contribution in [3.63, 3.8) is 0 Å². The fraction of sp³-hybridized carbons (Fsp3) is 0.600. The highest BCUT2D eigenvalue weighted by Gasteiger charge is 2.21. The Hall–Kier alpha value is -1.14. The first-order valence-electron chi connectivity index (χ1n) is 7.47. The van der Waals surface area contributed by atoms with Crippen LogP contribution in [-0.2, 0) is 16.4 Å². The normalized spacial score (nSPS) is 18.5. The van der Waals surface area contributed by atoms with Crippen molar-refractivity contribution in [1.29, 1.82) is 0 Å². The van der Waals surface area contributed by atoms with Crippen LogP contribution in [0.3, 0.4) is 0 Å². The lowest BCUT2D eigenvalue weighted by molar-refractivity contribution is 0.584. The number of hydrogen-bond acceptors (Lipinski definition) is 4. The average molecular weight is 314 g/mol. The Morgan fingerprint density at radius 3 is 2.86 bits per heavy atom. The second-order valence-electron chi connectivity index (χ2n) is 5.41. The van der Waals surface area contributed by atoms with Crippen LogP contribution in [0.4, 0.5) is 10.1 Å². The van der Waals surface area contributed by atoms with Crippen LogP contribution in [0.5, 0.6) is 0 Å². The van der Waals surface area contributed by atoms with Crippen molar-refractivity contribution in [2.45, 2.75) is 26.3 Å². The maximum absolute atomic E-state index is 14.1. The van der Waals surface area contributed by atoms with Gasteiger partial charge < -0.3 is 10.2 Å². The summed E-state index contributed by atoms with van der Waals surface area (Å²) in [7, 11) is -2.96. The van der Waals surface area contributed by atoms with E-state index in [1.54, 1.807) is 6.07 Å². The van der Waals surface area contributed by atoms with Crippen LogP contribution in [0.2, 0.25) is 0 Å². The van der Waals surface area contributed by atoms with Crippen LogP contribution in [0.15, 0.2) is 18.2 Å². The third-order valence-corrected chi connectivity index (χ3v) is 5.43. The van der Waals surface area contributed by atoms with Crippen molar-refractivity contribution in [2.75, 3.05) is 36.0 Å². The maximum atomic E-state index is 14.1. The maximum Gasteiger partial charge on any atom is 0.152 e. The van der Waals surface area contributed by atoms with E-state index in [0.717, 1.165) is 18.7 Å². The molecule has 0 bridgehead atoms. The van der Waals surface area contributed by atoms with E-state index in [1.807, 2.05) is 11.0 Å². The lowest BCUT2D eigenvalue weighted by atomic mass is 10.1. The van der Waals surface area contributed by atoms with Gasteiger partial charge in [0.15, 0.2) is 9.84 Å². The monoisotopic (exact) mass is 314 g/mol. The van der Waals surface area contributed by atoms with Gasteiger partial charge in [-0.1, -0.05) is 13.0 Å². The van der Waals surface area contributed by atoms with Gasteiger partial charge in [0.05, 0.1) is 11.5 Å². The van der Waals surface area contributed by atoms with Gasteiger partial charge in [-0.3, -0.25) is 0 Å². The zero-order valence-corrected chi connectivity index (χ0v) is 13.3. The van der Waals surface area contributed by atoms with Crippen molar-refractivity contribution in [2.24, 2.45) is 0 Å². The number of benzene rings is 1. The molecule has 0 aliphatic carbocycles. The van der Waals surface area contributed by atoms with Gasteiger partial charge in [0.25, 0.3) is 0 Å². The Bertz CT molecular complexity index is 575. The number of rotatable bonds is 5. The summed E-state index contributed by atoms with van der Waals surface area (Å²) in [6.45, 7) is 4.46. The molecular formula is C15H23FN2O2S. The quantitative estimate of drug-likeness (QED) is 0.844. The highest BCUT2D eigenvalue weighted by molar-refractivity contribution is 7.91. The summed E-state index contributed by atoms with van der Waals surface area (Å²) in [5.74, 6) is 0.135. The summed E-state index contributed by atoms with van der Waals surface area (Å²) in [5.41, 5.74) is 1.45. The molecule has 0 unspecified atom stereocenters. The largest absolute Gasteiger partial charge is 0.370 e. The highest BCUT2D eigenvalue weighted by atomic mass is 32.2. The molecule has 1 heterocycles. The SMILES string of the molecule is CCCNCc1c(F)cccc1N1CCCS(=O)(=O)CC1. The van der Waals surface area contributed by atoms with Crippen LogP contribution in [0.25, 0.3) is 0 Å². The number of halogens is 1. The first kappa shape index (κ1) is 16.2. The number of anilines is 1. The Labute approximate surface area is 126 Å². The van der Waals surface area contributed by atoms with E-state index in [-0.39, 0.29) is 17.3 Å². The first-order valence-corrected chi connectivity index (χ1v) is 9.29. The van der Waals surface area contributed by atoms with Crippen LogP contribution < -0.4 is 10.2 Å². The van der Waals surface area contributed by atoms with Gasteiger partial charge in [-0.25, -0.2) is 12.8 Å². The smallest absolute Gasteiger partial charge is 0.152 e. The lowest BCUT2D eigenvalue weighted by Crippen LogP contribution is -2.29. The first-order chi connectivity index (χ1) is 10.0. The summed E-state index contributed by atoms with van der Waals surface area (Å²) in [4.78, 5) is 2.00. The van der Waals surface area contributed by atoms with E-state index in [4.69, 9.17) is 0 Å². The topological polar surface area (TPSA) is 49.4 Å². The van der Waals surface area contributed by atoms with Crippen molar-refractivity contribution in [3.8, 4) is 0 Å². The number of nitrogens with zero attached hydrogens (tertiary/aromatic N) is 1. The molecule has 4 nitrogen and oxygen atoms in total. The summed E-state index contributed by atoms with van der Waals surface area (Å²) in [6.07, 6.45) is 1.59. The molecule has 1 fully saturated rings. The molecule has 0 atom stereocenters. The minimum Gasteiger partial charge on any atom is -0.370 e. The lowest BCUT2D eigenvalue weighted by Gasteiger charge is -2.25. The van der Waals surface area contributed by atoms with E-state index in [1.165, 1.54) is 6.07 Å². The van der Waals surface area contributed by atoms with Gasteiger partial charge >= 0.3 is 0 Å². The van der Waals surface area contributed by atoms with Crippen LogP contribution in [0, 0.1) is 5.82 Å². The fourth-order valence-electron chi connectivity index (χ4n) is 2.59. The third-order valence-electron chi connectivity index (χ3n) is 3.72. The summed E-state index contributed by atoms with van der Waals surface area (Å²) < 4.78 is 37.5. The minimum atomic E-state index is -2.96. The number of sulfone groups is 1. The van der Waals surface area contributed by atoms with Crippen LogP contribution in [0.1, 0.15) is 25.3 Å². The molecule has 1 N–H and O–H groups in total. The second kappa shape index (κ2) is 7.22. The molecule has 1 aliphatic rings. The Kier molecular flexibility index (Phi) is 5.58. The van der Waals surface area contributed by atoms with Gasteiger partial charge in [-0.15, -0.1) is 0 Å². The summed E-state index contributed by atoms with van der Waals surface area (Å²) >= 11 is 0. The molecule has 2 rings (SSSR count). The molecule has 0 radical (unpaired) electrons. The van der Waals surface area contributed by atoms with E-state index < -0.39 is 9.84 Å². The van der Waals surface area contributed by atoms with Crippen LogP contribution in [-0.4, -0.2) is 39.6 Å². The van der Waals surface area contributed by atoms with Gasteiger partial charge in [-0.2, -0.15) is 0 Å². The highest BCUT2D eigenvalue weighted by Crippen LogP contribution is 2.24. The average Bonchev–Trinajstić information content (AvgIpc) is 2.62.